The van der Waals surface area contributed by atoms with E-state index in [1.165, 1.54) is 0 Å². The van der Waals surface area contributed by atoms with Gasteiger partial charge in [-0.1, -0.05) is 0 Å². The summed E-state index contributed by atoms with van der Waals surface area (Å²) in [5.41, 5.74) is 1.12. The summed E-state index contributed by atoms with van der Waals surface area (Å²) in [6.07, 6.45) is 1.48. The molecule has 19 heavy (non-hydrogen) atoms. The lowest BCUT2D eigenvalue weighted by Gasteiger charge is -2.16. The predicted octanol–water partition coefficient (Wildman–Crippen LogP) is 1.65. The zero-order chi connectivity index (χ0) is 14.3. The van der Waals surface area contributed by atoms with Gasteiger partial charge in [0.25, 0.3) is 0 Å². The Morgan fingerprint density at radius 2 is 1.79 bits per heavy atom. The first-order valence-electron chi connectivity index (χ1n) is 5.87. The fourth-order valence-corrected chi connectivity index (χ4v) is 1.56. The van der Waals surface area contributed by atoms with Gasteiger partial charge in [-0.15, -0.1) is 0 Å². The molecule has 1 aliphatic rings. The van der Waals surface area contributed by atoms with Crippen molar-refractivity contribution < 1.29 is 29.6 Å². The summed E-state index contributed by atoms with van der Waals surface area (Å²) < 4.78 is 5.37. The first kappa shape index (κ1) is 14.8. The Balaban J connectivity index is 0.000000203. The van der Waals surface area contributed by atoms with E-state index >= 15 is 0 Å². The normalized spacial score (nSPS) is 12.4. The molecular formula is C13H16O6. The highest BCUT2D eigenvalue weighted by Crippen LogP contribution is 2.27. The SMILES string of the molecule is O=C(O)CCC(=O)O.Oc1ccc2c(c1)CCCO2. The lowest BCUT2D eigenvalue weighted by molar-refractivity contribution is -0.143. The lowest BCUT2D eigenvalue weighted by Crippen LogP contribution is -2.07. The van der Waals surface area contributed by atoms with E-state index in [-0.39, 0.29) is 12.8 Å². The maximum atomic E-state index is 9.64. The Labute approximate surface area is 110 Å². The highest BCUT2D eigenvalue weighted by molar-refractivity contribution is 5.75. The number of hydrogen-bond acceptors (Lipinski definition) is 4. The fourth-order valence-electron chi connectivity index (χ4n) is 1.56. The predicted molar refractivity (Wildman–Crippen MR) is 66.4 cm³/mol. The van der Waals surface area contributed by atoms with Crippen molar-refractivity contribution in [3.05, 3.63) is 23.8 Å². The maximum absolute atomic E-state index is 9.64. The van der Waals surface area contributed by atoms with Crippen molar-refractivity contribution in [2.45, 2.75) is 25.7 Å². The number of ether oxygens (including phenoxy) is 1. The number of carboxylic acid groups (broad SMARTS) is 2. The van der Waals surface area contributed by atoms with E-state index in [9.17, 15) is 9.59 Å². The second kappa shape index (κ2) is 7.25. The highest BCUT2D eigenvalue weighted by atomic mass is 16.5. The molecule has 1 aromatic carbocycles. The topological polar surface area (TPSA) is 104 Å². The Hall–Kier alpha value is -2.24. The van der Waals surface area contributed by atoms with E-state index in [4.69, 9.17) is 20.1 Å². The number of phenolic OH excluding ortho intramolecular Hbond substituents is 1. The van der Waals surface area contributed by atoms with Crippen LogP contribution in [0, 0.1) is 0 Å². The standard InChI is InChI=1S/C9H10O2.C4H6O4/c10-8-3-4-9-7(6-8)2-1-5-11-9;5-3(6)1-2-4(7)8/h3-4,6,10H,1-2,5H2;1-2H2,(H,5,6)(H,7,8). The number of fused-ring (bicyclic) bond motifs is 1. The van der Waals surface area contributed by atoms with Crippen LogP contribution in [0.2, 0.25) is 0 Å². The summed E-state index contributed by atoms with van der Waals surface area (Å²) in [6.45, 7) is 0.803. The summed E-state index contributed by atoms with van der Waals surface area (Å²) in [5.74, 6) is -0.900. The number of carboxylic acids is 2. The van der Waals surface area contributed by atoms with Gasteiger partial charge in [-0.3, -0.25) is 9.59 Å². The molecular weight excluding hydrogens is 252 g/mol. The third-order valence-corrected chi connectivity index (χ3v) is 2.44. The van der Waals surface area contributed by atoms with E-state index < -0.39 is 11.9 Å². The molecule has 0 aromatic heterocycles. The van der Waals surface area contributed by atoms with Crippen molar-refractivity contribution in [2.24, 2.45) is 0 Å². The monoisotopic (exact) mass is 268 g/mol. The minimum atomic E-state index is -1.08. The Bertz CT molecular complexity index is 440. The van der Waals surface area contributed by atoms with Crippen LogP contribution >= 0.6 is 0 Å². The van der Waals surface area contributed by atoms with Crippen LogP contribution in [0.5, 0.6) is 11.5 Å². The second-order valence-corrected chi connectivity index (χ2v) is 4.03. The minimum absolute atomic E-state index is 0.296. The van der Waals surface area contributed by atoms with Gasteiger partial charge >= 0.3 is 11.9 Å². The van der Waals surface area contributed by atoms with Crippen LogP contribution in [0.4, 0.5) is 0 Å². The molecule has 0 radical (unpaired) electrons. The van der Waals surface area contributed by atoms with E-state index in [0.29, 0.717) is 5.75 Å². The third-order valence-electron chi connectivity index (χ3n) is 2.44. The molecule has 1 heterocycles. The number of phenols is 1. The largest absolute Gasteiger partial charge is 0.508 e. The number of hydrogen-bond donors (Lipinski definition) is 3. The molecule has 1 aromatic rings. The number of benzene rings is 1. The first-order valence-corrected chi connectivity index (χ1v) is 5.87. The van der Waals surface area contributed by atoms with E-state index in [2.05, 4.69) is 0 Å². The number of aryl methyl sites for hydroxylation is 1. The van der Waals surface area contributed by atoms with E-state index in [1.54, 1.807) is 12.1 Å². The molecule has 0 bridgehead atoms. The van der Waals surface area contributed by atoms with Crippen molar-refractivity contribution in [2.75, 3.05) is 6.61 Å². The molecule has 0 unspecified atom stereocenters. The van der Waals surface area contributed by atoms with Gasteiger partial charge in [0.05, 0.1) is 19.4 Å². The molecule has 0 amide bonds. The molecule has 0 fully saturated rings. The van der Waals surface area contributed by atoms with Crippen LogP contribution in [0.3, 0.4) is 0 Å². The molecule has 6 nitrogen and oxygen atoms in total. The number of aromatic hydroxyl groups is 1. The quantitative estimate of drug-likeness (QED) is 0.770. The molecule has 0 atom stereocenters. The molecule has 6 heteroatoms. The summed E-state index contributed by atoms with van der Waals surface area (Å²) in [7, 11) is 0. The molecule has 0 saturated heterocycles. The Morgan fingerprint density at radius 1 is 1.16 bits per heavy atom. The maximum Gasteiger partial charge on any atom is 0.303 e. The summed E-state index contributed by atoms with van der Waals surface area (Å²) in [6, 6.07) is 5.25. The van der Waals surface area contributed by atoms with Gasteiger partial charge in [0.15, 0.2) is 0 Å². The van der Waals surface area contributed by atoms with Crippen molar-refractivity contribution >= 4 is 11.9 Å². The third kappa shape index (κ3) is 5.76. The van der Waals surface area contributed by atoms with Crippen molar-refractivity contribution in [3.8, 4) is 11.5 Å². The zero-order valence-electron chi connectivity index (χ0n) is 10.3. The van der Waals surface area contributed by atoms with Crippen LogP contribution in [-0.4, -0.2) is 33.9 Å². The average Bonchev–Trinajstić information content (AvgIpc) is 2.37. The van der Waals surface area contributed by atoms with Gasteiger partial charge in [-0.05, 0) is 36.6 Å². The molecule has 0 saturated carbocycles. The first-order chi connectivity index (χ1) is 8.99. The summed E-state index contributed by atoms with van der Waals surface area (Å²) >= 11 is 0. The second-order valence-electron chi connectivity index (χ2n) is 4.03. The van der Waals surface area contributed by atoms with Gasteiger partial charge in [-0.25, -0.2) is 0 Å². The van der Waals surface area contributed by atoms with Crippen LogP contribution < -0.4 is 4.74 Å². The van der Waals surface area contributed by atoms with Gasteiger partial charge < -0.3 is 20.1 Å². The van der Waals surface area contributed by atoms with Crippen molar-refractivity contribution in [1.82, 2.24) is 0 Å². The van der Waals surface area contributed by atoms with Crippen LogP contribution in [-0.2, 0) is 16.0 Å². The fraction of sp³-hybridized carbons (Fsp3) is 0.385. The van der Waals surface area contributed by atoms with Crippen molar-refractivity contribution in [3.63, 3.8) is 0 Å². The smallest absolute Gasteiger partial charge is 0.303 e. The molecule has 3 N–H and O–H groups in total. The minimum Gasteiger partial charge on any atom is -0.508 e. The van der Waals surface area contributed by atoms with Crippen molar-refractivity contribution in [1.29, 1.82) is 0 Å². The van der Waals surface area contributed by atoms with Crippen LogP contribution in [0.25, 0.3) is 0 Å². The molecule has 104 valence electrons. The summed E-state index contributed by atoms with van der Waals surface area (Å²) in [5, 5.41) is 24.9. The number of carbonyl (C=O) groups is 2. The highest BCUT2D eigenvalue weighted by Gasteiger charge is 2.09. The molecule has 0 spiro atoms. The molecule has 2 rings (SSSR count). The average molecular weight is 268 g/mol. The van der Waals surface area contributed by atoms with Gasteiger partial charge in [-0.2, -0.15) is 0 Å². The van der Waals surface area contributed by atoms with Gasteiger partial charge in [0, 0.05) is 0 Å². The number of rotatable bonds is 3. The van der Waals surface area contributed by atoms with Crippen LogP contribution in [0.15, 0.2) is 18.2 Å². The number of aliphatic carboxylic acids is 2. The Kier molecular flexibility index (Phi) is 5.66. The molecule has 1 aliphatic heterocycles. The van der Waals surface area contributed by atoms with Gasteiger partial charge in [0.1, 0.15) is 11.5 Å². The van der Waals surface area contributed by atoms with E-state index in [0.717, 1.165) is 30.8 Å². The van der Waals surface area contributed by atoms with E-state index in [1.807, 2.05) is 6.07 Å². The Morgan fingerprint density at radius 3 is 2.37 bits per heavy atom. The molecule has 0 aliphatic carbocycles. The zero-order valence-corrected chi connectivity index (χ0v) is 10.3. The van der Waals surface area contributed by atoms with Gasteiger partial charge in [0.2, 0.25) is 0 Å². The van der Waals surface area contributed by atoms with Crippen LogP contribution in [0.1, 0.15) is 24.8 Å². The lowest BCUT2D eigenvalue weighted by atomic mass is 10.1. The summed E-state index contributed by atoms with van der Waals surface area (Å²) in [4.78, 5) is 19.3.